The molecule has 2 aromatic rings. The summed E-state index contributed by atoms with van der Waals surface area (Å²) in [6, 6.07) is 15.0. The molecule has 0 aliphatic heterocycles. The van der Waals surface area contributed by atoms with E-state index in [1.807, 2.05) is 36.4 Å². The average Bonchev–Trinajstić information content (AvgIpc) is 2.67. The number of carbonyl (C=O) groups is 2. The molecular formula is C21H24N2O3. The van der Waals surface area contributed by atoms with Crippen LogP contribution < -0.4 is 11.2 Å². The Bertz CT molecular complexity index is 768. The third kappa shape index (κ3) is 4.63. The van der Waals surface area contributed by atoms with Crippen LogP contribution >= 0.6 is 0 Å². The summed E-state index contributed by atoms with van der Waals surface area (Å²) in [6.07, 6.45) is 6.01. The molecule has 0 heterocycles. The minimum absolute atomic E-state index is 0.287. The Hall–Kier alpha value is -2.82. The smallest absolute Gasteiger partial charge is 0.332 e. The van der Waals surface area contributed by atoms with Crippen LogP contribution in [0.2, 0.25) is 0 Å². The number of benzene rings is 2. The van der Waals surface area contributed by atoms with Crippen molar-refractivity contribution in [1.29, 1.82) is 0 Å². The van der Waals surface area contributed by atoms with Gasteiger partial charge in [0.05, 0.1) is 12.0 Å². The van der Waals surface area contributed by atoms with E-state index in [0.717, 1.165) is 36.8 Å². The predicted molar refractivity (Wildman–Crippen MR) is 101 cm³/mol. The van der Waals surface area contributed by atoms with E-state index in [4.69, 9.17) is 10.6 Å². The highest BCUT2D eigenvalue weighted by atomic mass is 16.7. The van der Waals surface area contributed by atoms with Crippen molar-refractivity contribution in [2.75, 3.05) is 5.73 Å². The molecule has 136 valence electrons. The number of hydrogen-bond donors (Lipinski definition) is 2. The fraction of sp³-hybridized carbons (Fsp3) is 0.333. The number of nitrogen functional groups attached to an aromatic ring is 1. The van der Waals surface area contributed by atoms with E-state index in [1.165, 1.54) is 6.42 Å². The van der Waals surface area contributed by atoms with Crippen molar-refractivity contribution in [3.63, 3.8) is 0 Å². The summed E-state index contributed by atoms with van der Waals surface area (Å²) in [5.41, 5.74) is 10.8. The van der Waals surface area contributed by atoms with E-state index in [-0.39, 0.29) is 5.56 Å². The predicted octanol–water partition coefficient (Wildman–Crippen LogP) is 4.09. The van der Waals surface area contributed by atoms with Gasteiger partial charge < -0.3 is 10.6 Å². The van der Waals surface area contributed by atoms with Gasteiger partial charge in [0.25, 0.3) is 5.91 Å². The van der Waals surface area contributed by atoms with Crippen LogP contribution in [0, 0.1) is 5.92 Å². The molecule has 3 rings (SSSR count). The molecule has 5 nitrogen and oxygen atoms in total. The Balaban J connectivity index is 1.56. The summed E-state index contributed by atoms with van der Waals surface area (Å²) in [5, 5.41) is 0. The van der Waals surface area contributed by atoms with Crippen molar-refractivity contribution in [3.8, 4) is 11.1 Å². The zero-order valence-corrected chi connectivity index (χ0v) is 14.7. The summed E-state index contributed by atoms with van der Waals surface area (Å²) in [6.45, 7) is 0. The average molecular weight is 352 g/mol. The quantitative estimate of drug-likeness (QED) is 0.641. The SMILES string of the molecule is Nc1cc(-c2ccccc2)ccc1C(=O)NOC(=O)CC1CCCCC1. The van der Waals surface area contributed by atoms with Crippen LogP contribution in [0.15, 0.2) is 48.5 Å². The number of rotatable bonds is 4. The molecule has 1 amide bonds. The Labute approximate surface area is 153 Å². The molecule has 0 unspecified atom stereocenters. The lowest BCUT2D eigenvalue weighted by molar-refractivity contribution is -0.150. The molecule has 2 aromatic carbocycles. The van der Waals surface area contributed by atoms with Gasteiger partial charge in [-0.15, -0.1) is 0 Å². The van der Waals surface area contributed by atoms with Crippen molar-refractivity contribution < 1.29 is 14.4 Å². The Morgan fingerprint density at radius 1 is 1.00 bits per heavy atom. The highest BCUT2D eigenvalue weighted by Gasteiger charge is 2.19. The maximum atomic E-state index is 12.2. The van der Waals surface area contributed by atoms with Crippen LogP contribution in [0.5, 0.6) is 0 Å². The van der Waals surface area contributed by atoms with Gasteiger partial charge in [0.2, 0.25) is 0 Å². The number of hydroxylamine groups is 1. The Morgan fingerprint density at radius 3 is 2.42 bits per heavy atom. The standard InChI is InChI=1S/C21H24N2O3/c22-19-14-17(16-9-5-2-6-10-16)11-12-18(19)21(25)23-26-20(24)13-15-7-3-1-4-8-15/h2,5-6,9-12,14-15H,1,3-4,7-8,13,22H2,(H,23,25). The van der Waals surface area contributed by atoms with Crippen LogP contribution in [-0.2, 0) is 9.63 Å². The minimum atomic E-state index is -0.515. The molecule has 0 radical (unpaired) electrons. The number of carbonyl (C=O) groups excluding carboxylic acids is 2. The lowest BCUT2D eigenvalue weighted by Gasteiger charge is -2.20. The zero-order chi connectivity index (χ0) is 18.4. The van der Waals surface area contributed by atoms with Crippen molar-refractivity contribution in [2.24, 2.45) is 5.92 Å². The van der Waals surface area contributed by atoms with Gasteiger partial charge >= 0.3 is 5.97 Å². The summed E-state index contributed by atoms with van der Waals surface area (Å²) in [4.78, 5) is 29.1. The first-order valence-electron chi connectivity index (χ1n) is 9.08. The van der Waals surface area contributed by atoms with Gasteiger partial charge in [-0.3, -0.25) is 4.79 Å². The molecule has 0 saturated heterocycles. The third-order valence-corrected chi connectivity index (χ3v) is 4.84. The maximum Gasteiger partial charge on any atom is 0.332 e. The lowest BCUT2D eigenvalue weighted by atomic mass is 9.87. The number of anilines is 1. The van der Waals surface area contributed by atoms with Crippen LogP contribution in [0.3, 0.4) is 0 Å². The first-order valence-corrected chi connectivity index (χ1v) is 9.08. The fourth-order valence-electron chi connectivity index (χ4n) is 3.41. The topological polar surface area (TPSA) is 81.4 Å². The summed E-state index contributed by atoms with van der Waals surface area (Å²) >= 11 is 0. The number of hydrogen-bond acceptors (Lipinski definition) is 4. The van der Waals surface area contributed by atoms with Crippen molar-refractivity contribution in [1.82, 2.24) is 5.48 Å². The van der Waals surface area contributed by atoms with E-state index in [2.05, 4.69) is 5.48 Å². The molecule has 1 aliphatic carbocycles. The second-order valence-electron chi connectivity index (χ2n) is 6.78. The first kappa shape index (κ1) is 18.0. The van der Waals surface area contributed by atoms with Crippen molar-refractivity contribution >= 4 is 17.6 Å². The van der Waals surface area contributed by atoms with Gasteiger partial charge in [-0.25, -0.2) is 4.79 Å². The molecule has 3 N–H and O–H groups in total. The van der Waals surface area contributed by atoms with Crippen molar-refractivity contribution in [3.05, 3.63) is 54.1 Å². The van der Waals surface area contributed by atoms with Gasteiger partial charge in [-0.2, -0.15) is 5.48 Å². The number of amides is 1. The molecule has 0 spiro atoms. The largest absolute Gasteiger partial charge is 0.398 e. The Kier molecular flexibility index (Phi) is 5.89. The molecule has 1 aliphatic rings. The third-order valence-electron chi connectivity index (χ3n) is 4.84. The Morgan fingerprint density at radius 2 is 1.73 bits per heavy atom. The molecule has 26 heavy (non-hydrogen) atoms. The summed E-state index contributed by atoms with van der Waals surface area (Å²) in [7, 11) is 0. The lowest BCUT2D eigenvalue weighted by Crippen LogP contribution is -2.28. The minimum Gasteiger partial charge on any atom is -0.398 e. The zero-order valence-electron chi connectivity index (χ0n) is 14.7. The second kappa shape index (κ2) is 8.52. The molecule has 1 fully saturated rings. The van der Waals surface area contributed by atoms with Gasteiger partial charge in [-0.1, -0.05) is 55.7 Å². The van der Waals surface area contributed by atoms with Gasteiger partial charge in [0.1, 0.15) is 0 Å². The van der Waals surface area contributed by atoms with Crippen LogP contribution in [0.25, 0.3) is 11.1 Å². The molecule has 0 atom stereocenters. The van der Waals surface area contributed by atoms with Crippen LogP contribution in [-0.4, -0.2) is 11.9 Å². The summed E-state index contributed by atoms with van der Waals surface area (Å²) < 4.78 is 0. The van der Waals surface area contributed by atoms with E-state index in [0.29, 0.717) is 18.0 Å². The molecule has 5 heteroatoms. The highest BCUT2D eigenvalue weighted by molar-refractivity contribution is 5.99. The molecular weight excluding hydrogens is 328 g/mol. The van der Waals surface area contributed by atoms with E-state index in [1.54, 1.807) is 12.1 Å². The first-order chi connectivity index (χ1) is 12.6. The van der Waals surface area contributed by atoms with Gasteiger partial charge in [-0.05, 0) is 42.0 Å². The molecule has 0 aromatic heterocycles. The molecule has 0 bridgehead atoms. The molecule has 1 saturated carbocycles. The van der Waals surface area contributed by atoms with E-state index >= 15 is 0 Å². The number of nitrogens with two attached hydrogens (primary N) is 1. The highest BCUT2D eigenvalue weighted by Crippen LogP contribution is 2.26. The fourth-order valence-corrected chi connectivity index (χ4v) is 3.41. The normalized spacial score (nSPS) is 14.6. The summed E-state index contributed by atoms with van der Waals surface area (Å²) in [5.74, 6) is -0.549. The monoisotopic (exact) mass is 352 g/mol. The number of nitrogens with one attached hydrogen (secondary N) is 1. The van der Waals surface area contributed by atoms with Crippen LogP contribution in [0.4, 0.5) is 5.69 Å². The van der Waals surface area contributed by atoms with Gasteiger partial charge in [0.15, 0.2) is 0 Å². The van der Waals surface area contributed by atoms with Gasteiger partial charge in [0, 0.05) is 5.69 Å². The maximum absolute atomic E-state index is 12.2. The van der Waals surface area contributed by atoms with E-state index in [9.17, 15) is 9.59 Å². The van der Waals surface area contributed by atoms with Crippen molar-refractivity contribution in [2.45, 2.75) is 38.5 Å². The van der Waals surface area contributed by atoms with Crippen LogP contribution in [0.1, 0.15) is 48.9 Å². The van der Waals surface area contributed by atoms with E-state index < -0.39 is 11.9 Å². The second-order valence-corrected chi connectivity index (χ2v) is 6.78.